The fourth-order valence-corrected chi connectivity index (χ4v) is 3.94. The Morgan fingerprint density at radius 2 is 1.76 bits per heavy atom. The lowest BCUT2D eigenvalue weighted by atomic mass is 9.98. The zero-order chi connectivity index (χ0) is 23.5. The monoisotopic (exact) mass is 441 g/mol. The maximum Gasteiger partial charge on any atom is 0.335 e. The summed E-state index contributed by atoms with van der Waals surface area (Å²) in [5.74, 6) is -0.952. The summed E-state index contributed by atoms with van der Waals surface area (Å²) in [5, 5.41) is 2.30. The Hall–Kier alpha value is -3.93. The van der Waals surface area contributed by atoms with Crippen molar-refractivity contribution >= 4 is 29.6 Å². The van der Waals surface area contributed by atoms with Crippen molar-refractivity contribution in [2.45, 2.75) is 39.7 Å². The van der Waals surface area contributed by atoms with E-state index in [2.05, 4.69) is 25.2 Å². The number of carbonyl (C=O) groups excluding carboxylic acids is 3. The molecule has 6 heteroatoms. The van der Waals surface area contributed by atoms with Gasteiger partial charge < -0.3 is 4.57 Å². The van der Waals surface area contributed by atoms with Crippen molar-refractivity contribution in [3.63, 3.8) is 0 Å². The van der Waals surface area contributed by atoms with Crippen LogP contribution in [0.1, 0.15) is 48.6 Å². The molecule has 1 unspecified atom stereocenters. The van der Waals surface area contributed by atoms with Crippen molar-refractivity contribution in [2.24, 2.45) is 0 Å². The van der Waals surface area contributed by atoms with E-state index < -0.39 is 17.8 Å². The number of aryl methyl sites for hydroxylation is 1. The molecule has 4 rings (SSSR count). The van der Waals surface area contributed by atoms with Crippen molar-refractivity contribution in [2.75, 3.05) is 4.90 Å². The Balaban J connectivity index is 1.63. The Morgan fingerprint density at radius 1 is 1.00 bits per heavy atom. The molecule has 4 amide bonds. The molecule has 1 atom stereocenters. The fourth-order valence-electron chi connectivity index (χ4n) is 3.94. The third-order valence-electron chi connectivity index (χ3n) is 6.03. The number of rotatable bonds is 6. The Bertz CT molecular complexity index is 1240. The minimum Gasteiger partial charge on any atom is -0.344 e. The second-order valence-corrected chi connectivity index (χ2v) is 8.41. The number of nitrogens with one attached hydrogen (secondary N) is 1. The Morgan fingerprint density at radius 3 is 2.45 bits per heavy atom. The Labute approximate surface area is 193 Å². The maximum atomic E-state index is 13.2. The number of hydrogen-bond donors (Lipinski definition) is 1. The van der Waals surface area contributed by atoms with Gasteiger partial charge in [-0.3, -0.25) is 14.9 Å². The van der Waals surface area contributed by atoms with Crippen molar-refractivity contribution in [1.82, 2.24) is 9.88 Å². The van der Waals surface area contributed by atoms with Gasteiger partial charge in [0.1, 0.15) is 5.57 Å². The van der Waals surface area contributed by atoms with Gasteiger partial charge in [-0.25, -0.2) is 9.69 Å². The molecule has 1 aromatic heterocycles. The van der Waals surface area contributed by atoms with Gasteiger partial charge in [-0.1, -0.05) is 55.8 Å². The van der Waals surface area contributed by atoms with Gasteiger partial charge >= 0.3 is 6.03 Å². The van der Waals surface area contributed by atoms with Crippen molar-refractivity contribution in [1.29, 1.82) is 0 Å². The lowest BCUT2D eigenvalue weighted by molar-refractivity contribution is -0.122. The highest BCUT2D eigenvalue weighted by Crippen LogP contribution is 2.26. The van der Waals surface area contributed by atoms with Crippen LogP contribution >= 0.6 is 0 Å². The number of urea groups is 1. The van der Waals surface area contributed by atoms with Crippen LogP contribution in [-0.2, 0) is 16.1 Å². The van der Waals surface area contributed by atoms with Gasteiger partial charge in [0.05, 0.1) is 5.69 Å². The highest BCUT2D eigenvalue weighted by atomic mass is 16.2. The summed E-state index contributed by atoms with van der Waals surface area (Å²) in [5.41, 5.74) is 4.46. The van der Waals surface area contributed by atoms with Gasteiger partial charge in [0.25, 0.3) is 11.8 Å². The summed E-state index contributed by atoms with van der Waals surface area (Å²) in [6.07, 6.45) is 4.43. The zero-order valence-electron chi connectivity index (χ0n) is 19.0. The van der Waals surface area contributed by atoms with Crippen LogP contribution in [0.4, 0.5) is 10.5 Å². The van der Waals surface area contributed by atoms with Crippen LogP contribution in [0.25, 0.3) is 6.08 Å². The third-order valence-corrected chi connectivity index (χ3v) is 6.03. The maximum absolute atomic E-state index is 13.2. The molecular formula is C27H27N3O3. The highest BCUT2D eigenvalue weighted by molar-refractivity contribution is 6.39. The number of imide groups is 2. The first-order valence-electron chi connectivity index (χ1n) is 11.1. The van der Waals surface area contributed by atoms with E-state index in [1.807, 2.05) is 60.2 Å². The van der Waals surface area contributed by atoms with E-state index in [0.717, 1.165) is 28.0 Å². The number of amides is 4. The van der Waals surface area contributed by atoms with Crippen LogP contribution in [0.15, 0.2) is 72.4 Å². The molecule has 0 saturated carbocycles. The predicted molar refractivity (Wildman–Crippen MR) is 129 cm³/mol. The van der Waals surface area contributed by atoms with Gasteiger partial charge in [0.15, 0.2) is 0 Å². The number of aromatic nitrogens is 1. The third kappa shape index (κ3) is 4.65. The molecule has 1 aliphatic rings. The van der Waals surface area contributed by atoms with Crippen molar-refractivity contribution in [3.8, 4) is 0 Å². The number of anilines is 1. The van der Waals surface area contributed by atoms with Crippen LogP contribution < -0.4 is 10.2 Å². The predicted octanol–water partition coefficient (Wildman–Crippen LogP) is 5.02. The zero-order valence-corrected chi connectivity index (χ0v) is 19.0. The van der Waals surface area contributed by atoms with Crippen molar-refractivity contribution < 1.29 is 14.4 Å². The van der Waals surface area contributed by atoms with E-state index in [4.69, 9.17) is 0 Å². The van der Waals surface area contributed by atoms with E-state index in [1.165, 1.54) is 0 Å². The molecule has 0 bridgehead atoms. The molecule has 1 fully saturated rings. The molecule has 1 N–H and O–H groups in total. The number of hydrogen-bond acceptors (Lipinski definition) is 3. The number of nitrogens with zero attached hydrogens (tertiary/aromatic N) is 2. The van der Waals surface area contributed by atoms with E-state index in [1.54, 1.807) is 18.2 Å². The summed E-state index contributed by atoms with van der Waals surface area (Å²) < 4.78 is 1.96. The van der Waals surface area contributed by atoms with Crippen LogP contribution in [0.2, 0.25) is 0 Å². The average molecular weight is 442 g/mol. The van der Waals surface area contributed by atoms with Crippen molar-refractivity contribution in [3.05, 3.63) is 94.8 Å². The molecule has 2 aromatic carbocycles. The highest BCUT2D eigenvalue weighted by Gasteiger charge is 2.37. The summed E-state index contributed by atoms with van der Waals surface area (Å²) >= 11 is 0. The number of carbonyl (C=O) groups is 3. The molecule has 1 aliphatic heterocycles. The lowest BCUT2D eigenvalue weighted by Gasteiger charge is -2.26. The molecule has 33 heavy (non-hydrogen) atoms. The van der Waals surface area contributed by atoms with E-state index in [9.17, 15) is 14.4 Å². The summed E-state index contributed by atoms with van der Waals surface area (Å²) in [6, 6.07) is 18.4. The fraction of sp³-hybridized carbons (Fsp3) is 0.222. The van der Waals surface area contributed by atoms with Crippen LogP contribution in [0.3, 0.4) is 0 Å². The molecule has 0 aliphatic carbocycles. The lowest BCUT2D eigenvalue weighted by Crippen LogP contribution is -2.54. The second-order valence-electron chi connectivity index (χ2n) is 8.41. The van der Waals surface area contributed by atoms with Gasteiger partial charge in [-0.2, -0.15) is 0 Å². The first-order chi connectivity index (χ1) is 15.9. The Kier molecular flexibility index (Phi) is 6.27. The minimum atomic E-state index is -0.742. The van der Waals surface area contributed by atoms with E-state index >= 15 is 0 Å². The molecule has 0 spiro atoms. The van der Waals surface area contributed by atoms with Gasteiger partial charge in [-0.05, 0) is 60.7 Å². The van der Waals surface area contributed by atoms with Gasteiger partial charge in [-0.15, -0.1) is 0 Å². The van der Waals surface area contributed by atoms with Crippen LogP contribution in [-0.4, -0.2) is 22.4 Å². The first-order valence-corrected chi connectivity index (χ1v) is 11.1. The van der Waals surface area contributed by atoms with E-state index in [-0.39, 0.29) is 5.57 Å². The molecule has 168 valence electrons. The number of barbiturate groups is 1. The second kappa shape index (κ2) is 9.28. The van der Waals surface area contributed by atoms with Gasteiger partial charge in [0, 0.05) is 18.4 Å². The molecule has 6 nitrogen and oxygen atoms in total. The minimum absolute atomic E-state index is 0.0789. The standard InChI is InChI=1S/C27H27N3O3/c1-4-19(3)21-10-12-22(13-11-21)30-26(32)24(25(31)28-27(30)33)16-23-9-6-14-29(23)17-20-8-5-7-18(2)15-20/h5-16,19H,4,17H2,1-3H3,(H,28,31,33)/b24-16+. The molecule has 2 heterocycles. The normalized spacial score (nSPS) is 16.3. The average Bonchev–Trinajstić information content (AvgIpc) is 3.23. The molecule has 3 aromatic rings. The summed E-state index contributed by atoms with van der Waals surface area (Å²) in [4.78, 5) is 39.3. The summed E-state index contributed by atoms with van der Waals surface area (Å²) in [6.45, 7) is 6.87. The SMILES string of the molecule is CCC(C)c1ccc(N2C(=O)NC(=O)/C(=C\c3cccn3Cc3cccc(C)c3)C2=O)cc1. The smallest absolute Gasteiger partial charge is 0.335 e. The molecular weight excluding hydrogens is 414 g/mol. The van der Waals surface area contributed by atoms with E-state index in [0.29, 0.717) is 23.8 Å². The topological polar surface area (TPSA) is 71.4 Å². The number of benzene rings is 2. The van der Waals surface area contributed by atoms with Gasteiger partial charge in [0.2, 0.25) is 0 Å². The quantitative estimate of drug-likeness (QED) is 0.431. The molecule has 0 radical (unpaired) electrons. The summed E-state index contributed by atoms with van der Waals surface area (Å²) in [7, 11) is 0. The largest absolute Gasteiger partial charge is 0.344 e. The van der Waals surface area contributed by atoms with Crippen LogP contribution in [0, 0.1) is 6.92 Å². The first kappa shape index (κ1) is 22.3. The molecule has 1 saturated heterocycles. The van der Waals surface area contributed by atoms with Crippen LogP contribution in [0.5, 0.6) is 0 Å².